The van der Waals surface area contributed by atoms with Crippen LogP contribution in [0, 0.1) is 0 Å². The minimum atomic E-state index is -0.895. The summed E-state index contributed by atoms with van der Waals surface area (Å²) in [7, 11) is 0. The molecular weight excluding hydrogens is 394 g/mol. The third-order valence-corrected chi connectivity index (χ3v) is 5.13. The van der Waals surface area contributed by atoms with E-state index in [2.05, 4.69) is 10.3 Å². The quantitative estimate of drug-likeness (QED) is 0.434. The van der Waals surface area contributed by atoms with Crippen molar-refractivity contribution in [3.05, 3.63) is 95.3 Å². The minimum absolute atomic E-state index is 0.0808. The number of hydrogen-bond donors (Lipinski definition) is 2. The molecule has 1 aliphatic heterocycles. The molecule has 0 bridgehead atoms. The van der Waals surface area contributed by atoms with Crippen molar-refractivity contribution in [1.29, 1.82) is 0 Å². The standard InChI is InChI=1S/C24H21N3O4/c28-16(15-27-23(30)17-7-1-2-8-18(17)24(27)31)12-14-26-20-10-4-3-9-19(20)22(29)21-11-5-6-13-25-21/h1-11,13,16,26,28H,12,14-15H2. The summed E-state index contributed by atoms with van der Waals surface area (Å²) in [5.74, 6) is -0.979. The minimum Gasteiger partial charge on any atom is -0.391 e. The zero-order valence-electron chi connectivity index (χ0n) is 16.7. The summed E-state index contributed by atoms with van der Waals surface area (Å²) < 4.78 is 0. The average Bonchev–Trinajstić information content (AvgIpc) is 3.04. The van der Waals surface area contributed by atoms with Crippen molar-refractivity contribution in [1.82, 2.24) is 9.88 Å². The molecule has 3 aromatic rings. The van der Waals surface area contributed by atoms with Gasteiger partial charge in [-0.15, -0.1) is 0 Å². The Labute approximate surface area is 179 Å². The van der Waals surface area contributed by atoms with Gasteiger partial charge in [0.25, 0.3) is 11.8 Å². The van der Waals surface area contributed by atoms with E-state index < -0.39 is 6.10 Å². The number of nitrogens with one attached hydrogen (secondary N) is 1. The Kier molecular flexibility index (Phi) is 5.86. The van der Waals surface area contributed by atoms with Crippen molar-refractivity contribution < 1.29 is 19.5 Å². The molecule has 0 radical (unpaired) electrons. The normalized spacial score (nSPS) is 13.8. The Morgan fingerprint density at radius 1 is 0.935 bits per heavy atom. The molecule has 0 fully saturated rings. The maximum atomic E-state index is 12.7. The highest BCUT2D eigenvalue weighted by molar-refractivity contribution is 6.21. The number of pyridine rings is 1. The number of aliphatic hydroxyl groups excluding tert-OH is 1. The maximum absolute atomic E-state index is 12.7. The van der Waals surface area contributed by atoms with Gasteiger partial charge in [0.15, 0.2) is 0 Å². The van der Waals surface area contributed by atoms with Crippen LogP contribution in [0.15, 0.2) is 72.9 Å². The van der Waals surface area contributed by atoms with Crippen LogP contribution in [0.3, 0.4) is 0 Å². The number of hydrogen-bond acceptors (Lipinski definition) is 6. The Hall–Kier alpha value is -3.84. The smallest absolute Gasteiger partial charge is 0.261 e. The van der Waals surface area contributed by atoms with Gasteiger partial charge in [-0.2, -0.15) is 0 Å². The van der Waals surface area contributed by atoms with Crippen LogP contribution in [0.25, 0.3) is 0 Å². The fourth-order valence-corrected chi connectivity index (χ4v) is 3.55. The first-order chi connectivity index (χ1) is 15.1. The van der Waals surface area contributed by atoms with Crippen molar-refractivity contribution in [3.63, 3.8) is 0 Å². The molecule has 31 heavy (non-hydrogen) atoms. The number of ketones is 1. The molecule has 0 saturated heterocycles. The Bertz CT molecular complexity index is 1100. The number of carbonyl (C=O) groups excluding carboxylic acids is 3. The van der Waals surface area contributed by atoms with E-state index in [0.29, 0.717) is 41.0 Å². The van der Waals surface area contributed by atoms with Gasteiger partial charge in [0, 0.05) is 24.0 Å². The lowest BCUT2D eigenvalue weighted by Gasteiger charge is -2.19. The molecule has 2 heterocycles. The lowest BCUT2D eigenvalue weighted by molar-refractivity contribution is 0.0537. The molecule has 0 saturated carbocycles. The number of imide groups is 1. The van der Waals surface area contributed by atoms with Gasteiger partial charge >= 0.3 is 0 Å². The molecule has 2 N–H and O–H groups in total. The molecule has 1 atom stereocenters. The number of aliphatic hydroxyl groups is 1. The molecule has 0 aliphatic carbocycles. The molecule has 2 amide bonds. The molecule has 7 heteroatoms. The number of nitrogens with zero attached hydrogens (tertiary/aromatic N) is 2. The third-order valence-electron chi connectivity index (χ3n) is 5.13. The van der Waals surface area contributed by atoms with Gasteiger partial charge in [0.05, 0.1) is 23.8 Å². The van der Waals surface area contributed by atoms with Crippen LogP contribution in [0.2, 0.25) is 0 Å². The van der Waals surface area contributed by atoms with E-state index >= 15 is 0 Å². The summed E-state index contributed by atoms with van der Waals surface area (Å²) in [6.07, 6.45) is 0.964. The van der Waals surface area contributed by atoms with E-state index in [0.717, 1.165) is 4.90 Å². The lowest BCUT2D eigenvalue weighted by atomic mass is 10.1. The molecule has 4 rings (SSSR count). The number of rotatable bonds is 8. The van der Waals surface area contributed by atoms with Gasteiger partial charge in [-0.1, -0.05) is 30.3 Å². The van der Waals surface area contributed by atoms with E-state index in [1.807, 2.05) is 6.07 Å². The second kappa shape index (κ2) is 8.89. The maximum Gasteiger partial charge on any atom is 0.261 e. The van der Waals surface area contributed by atoms with Crippen LogP contribution in [0.1, 0.15) is 43.2 Å². The van der Waals surface area contributed by atoms with Crippen molar-refractivity contribution >= 4 is 23.3 Å². The number of β-amino-alcohol motifs (C(OH)–C–C–N with tert-alkyl or cyclic N) is 1. The SMILES string of the molecule is O=C(c1ccccn1)c1ccccc1NCCC(O)CN1C(=O)c2ccccc2C1=O. The fourth-order valence-electron chi connectivity index (χ4n) is 3.55. The Balaban J connectivity index is 1.36. The van der Waals surface area contributed by atoms with Gasteiger partial charge in [-0.05, 0) is 42.8 Å². The number of para-hydroxylation sites is 1. The van der Waals surface area contributed by atoms with Gasteiger partial charge in [0.1, 0.15) is 5.69 Å². The molecule has 7 nitrogen and oxygen atoms in total. The summed E-state index contributed by atoms with van der Waals surface area (Å²) in [6.45, 7) is 0.277. The Morgan fingerprint density at radius 3 is 2.26 bits per heavy atom. The zero-order chi connectivity index (χ0) is 21.8. The average molecular weight is 415 g/mol. The van der Waals surface area contributed by atoms with Crippen LogP contribution >= 0.6 is 0 Å². The second-order valence-electron chi connectivity index (χ2n) is 7.23. The number of fused-ring (bicyclic) bond motifs is 1. The molecule has 1 aliphatic rings. The van der Waals surface area contributed by atoms with Crippen LogP contribution < -0.4 is 5.32 Å². The summed E-state index contributed by atoms with van der Waals surface area (Å²) in [4.78, 5) is 42.8. The van der Waals surface area contributed by atoms with E-state index in [9.17, 15) is 19.5 Å². The highest BCUT2D eigenvalue weighted by Crippen LogP contribution is 2.23. The molecule has 1 aromatic heterocycles. The third kappa shape index (κ3) is 4.22. The van der Waals surface area contributed by atoms with Crippen LogP contribution in [0.4, 0.5) is 5.69 Å². The zero-order valence-corrected chi connectivity index (χ0v) is 16.7. The molecule has 0 spiro atoms. The summed E-state index contributed by atoms with van der Waals surface area (Å²) in [5.41, 5.74) is 2.18. The van der Waals surface area contributed by atoms with Crippen molar-refractivity contribution in [2.75, 3.05) is 18.4 Å². The van der Waals surface area contributed by atoms with Crippen LogP contribution in [-0.4, -0.2) is 51.8 Å². The number of carbonyl (C=O) groups is 3. The Morgan fingerprint density at radius 2 is 1.58 bits per heavy atom. The summed E-state index contributed by atoms with van der Waals surface area (Å²) in [6, 6.07) is 18.9. The monoisotopic (exact) mass is 415 g/mol. The highest BCUT2D eigenvalue weighted by Gasteiger charge is 2.35. The first-order valence-electron chi connectivity index (χ1n) is 9.98. The van der Waals surface area contributed by atoms with E-state index in [4.69, 9.17) is 0 Å². The van der Waals surface area contributed by atoms with E-state index in [1.54, 1.807) is 66.9 Å². The van der Waals surface area contributed by atoms with Crippen molar-refractivity contribution in [2.24, 2.45) is 0 Å². The number of aromatic nitrogens is 1. The highest BCUT2D eigenvalue weighted by atomic mass is 16.3. The van der Waals surface area contributed by atoms with Gasteiger partial charge < -0.3 is 10.4 Å². The van der Waals surface area contributed by atoms with Crippen molar-refractivity contribution in [2.45, 2.75) is 12.5 Å². The number of benzene rings is 2. The lowest BCUT2D eigenvalue weighted by Crippen LogP contribution is -2.37. The van der Waals surface area contributed by atoms with Gasteiger partial charge in [-0.25, -0.2) is 0 Å². The number of anilines is 1. The predicted octanol–water partition coefficient (Wildman–Crippen LogP) is 2.77. The van der Waals surface area contributed by atoms with E-state index in [1.165, 1.54) is 0 Å². The van der Waals surface area contributed by atoms with Crippen molar-refractivity contribution in [3.8, 4) is 0 Å². The van der Waals surface area contributed by atoms with Gasteiger partial charge in [-0.3, -0.25) is 24.3 Å². The first kappa shape index (κ1) is 20.4. The van der Waals surface area contributed by atoms with Crippen LogP contribution in [0.5, 0.6) is 0 Å². The predicted molar refractivity (Wildman–Crippen MR) is 115 cm³/mol. The molecule has 2 aromatic carbocycles. The van der Waals surface area contributed by atoms with E-state index in [-0.39, 0.29) is 24.1 Å². The number of amides is 2. The topological polar surface area (TPSA) is 99.6 Å². The molecule has 1 unspecified atom stereocenters. The fraction of sp³-hybridized carbons (Fsp3) is 0.167. The molecule has 156 valence electrons. The first-order valence-corrected chi connectivity index (χ1v) is 9.98. The second-order valence-corrected chi connectivity index (χ2v) is 7.23. The van der Waals surface area contributed by atoms with Gasteiger partial charge in [0.2, 0.25) is 5.78 Å². The molecular formula is C24H21N3O4. The largest absolute Gasteiger partial charge is 0.391 e. The van der Waals surface area contributed by atoms with Crippen LogP contribution in [-0.2, 0) is 0 Å². The summed E-state index contributed by atoms with van der Waals surface area (Å²) >= 11 is 0. The summed E-state index contributed by atoms with van der Waals surface area (Å²) in [5, 5.41) is 13.6.